The normalized spacial score (nSPS) is 21.3. The smallest absolute Gasteiger partial charge is 0.0211 e. The maximum absolute atomic E-state index is 3.30. The van der Waals surface area contributed by atoms with Gasteiger partial charge in [-0.25, -0.2) is 0 Å². The summed E-state index contributed by atoms with van der Waals surface area (Å²) in [6.07, 6.45) is 9.48. The van der Waals surface area contributed by atoms with E-state index >= 15 is 0 Å². The zero-order valence-electron chi connectivity index (χ0n) is 10.4. The first-order valence-corrected chi connectivity index (χ1v) is 5.81. The molecule has 0 atom stereocenters. The first-order chi connectivity index (χ1) is 7.33. The third-order valence-electron chi connectivity index (χ3n) is 1.97. The van der Waals surface area contributed by atoms with Gasteiger partial charge in [0.2, 0.25) is 0 Å². The summed E-state index contributed by atoms with van der Waals surface area (Å²) in [5.74, 6) is 0. The van der Waals surface area contributed by atoms with Crippen molar-refractivity contribution in [3.05, 3.63) is 41.2 Å². The number of allylic oxidation sites excluding steroid dienone is 3. The minimum atomic E-state index is 0.932. The Morgan fingerprint density at radius 2 is 2.07 bits per heavy atom. The van der Waals surface area contributed by atoms with E-state index in [9.17, 15) is 0 Å². The fourth-order valence-electron chi connectivity index (χ4n) is 1.13. The van der Waals surface area contributed by atoms with Gasteiger partial charge in [-0.05, 0) is 37.6 Å². The van der Waals surface area contributed by atoms with Crippen LogP contribution in [0.4, 0.5) is 0 Å². The standard InChI is InChI=1S/C12H17N.C2H6/c1-3-13-10-12-7-5-4-6-11(2)8-9-12;1-2/h4,7-9,13H,3,6,10H2,1-2H3;1-2H3/b11-8-,12-9+;. The monoisotopic (exact) mass is 205 g/mol. The Morgan fingerprint density at radius 1 is 1.33 bits per heavy atom. The van der Waals surface area contributed by atoms with E-state index in [2.05, 4.69) is 43.1 Å². The summed E-state index contributed by atoms with van der Waals surface area (Å²) in [4.78, 5) is 0. The molecule has 15 heavy (non-hydrogen) atoms. The minimum Gasteiger partial charge on any atom is -0.313 e. The van der Waals surface area contributed by atoms with Crippen LogP contribution in [0.2, 0.25) is 0 Å². The molecule has 84 valence electrons. The molecule has 0 bridgehead atoms. The van der Waals surface area contributed by atoms with Crippen LogP contribution in [-0.4, -0.2) is 13.1 Å². The van der Waals surface area contributed by atoms with Gasteiger partial charge in [0.15, 0.2) is 0 Å². The van der Waals surface area contributed by atoms with Crippen molar-refractivity contribution in [3.8, 4) is 0 Å². The van der Waals surface area contributed by atoms with E-state index in [-0.39, 0.29) is 0 Å². The summed E-state index contributed by atoms with van der Waals surface area (Å²) in [5, 5.41) is 3.30. The second kappa shape index (κ2) is 9.51. The lowest BCUT2D eigenvalue weighted by Gasteiger charge is -2.02. The number of hydrogen-bond acceptors (Lipinski definition) is 1. The maximum Gasteiger partial charge on any atom is 0.0211 e. The van der Waals surface area contributed by atoms with E-state index in [0.717, 1.165) is 19.5 Å². The molecule has 0 aromatic carbocycles. The largest absolute Gasteiger partial charge is 0.313 e. The van der Waals surface area contributed by atoms with Crippen molar-refractivity contribution in [3.63, 3.8) is 0 Å². The first-order valence-electron chi connectivity index (χ1n) is 5.81. The molecule has 0 unspecified atom stereocenters. The van der Waals surface area contributed by atoms with E-state index in [1.807, 2.05) is 19.9 Å². The molecule has 0 radical (unpaired) electrons. The highest BCUT2D eigenvalue weighted by Crippen LogP contribution is 2.06. The topological polar surface area (TPSA) is 12.0 Å². The molecule has 0 aliphatic heterocycles. The summed E-state index contributed by atoms with van der Waals surface area (Å²) in [5.41, 5.74) is 5.85. The summed E-state index contributed by atoms with van der Waals surface area (Å²) in [6, 6.07) is 0. The zero-order valence-corrected chi connectivity index (χ0v) is 10.4. The Balaban J connectivity index is 0.000000921. The van der Waals surface area contributed by atoms with Gasteiger partial charge in [-0.15, -0.1) is 5.73 Å². The van der Waals surface area contributed by atoms with Crippen LogP contribution in [0.3, 0.4) is 0 Å². The number of hydrogen-bond donors (Lipinski definition) is 1. The van der Waals surface area contributed by atoms with Crippen LogP contribution < -0.4 is 5.32 Å². The van der Waals surface area contributed by atoms with Gasteiger partial charge in [0.05, 0.1) is 0 Å². The molecule has 0 spiro atoms. The molecule has 1 N–H and O–H groups in total. The van der Waals surface area contributed by atoms with Crippen molar-refractivity contribution in [2.24, 2.45) is 0 Å². The Bertz CT molecular complexity index is 276. The van der Waals surface area contributed by atoms with Gasteiger partial charge in [-0.2, -0.15) is 0 Å². The molecule has 1 rings (SSSR count). The van der Waals surface area contributed by atoms with Crippen molar-refractivity contribution >= 4 is 0 Å². The van der Waals surface area contributed by atoms with E-state index in [0.29, 0.717) is 0 Å². The Labute approximate surface area is 94.3 Å². The predicted octanol–water partition coefficient (Wildman–Crippen LogP) is 3.61. The lowest BCUT2D eigenvalue weighted by Crippen LogP contribution is -2.15. The van der Waals surface area contributed by atoms with Gasteiger partial charge < -0.3 is 5.32 Å². The van der Waals surface area contributed by atoms with Crippen molar-refractivity contribution < 1.29 is 0 Å². The summed E-state index contributed by atoms with van der Waals surface area (Å²) < 4.78 is 0. The van der Waals surface area contributed by atoms with E-state index in [1.54, 1.807) is 0 Å². The molecule has 0 heterocycles. The zero-order chi connectivity index (χ0) is 11.5. The molecule has 0 saturated carbocycles. The quantitative estimate of drug-likeness (QED) is 0.694. The third kappa shape index (κ3) is 6.96. The van der Waals surface area contributed by atoms with Crippen LogP contribution in [-0.2, 0) is 0 Å². The van der Waals surface area contributed by atoms with Crippen LogP contribution in [0.25, 0.3) is 0 Å². The van der Waals surface area contributed by atoms with Gasteiger partial charge in [-0.1, -0.05) is 38.5 Å². The fourth-order valence-corrected chi connectivity index (χ4v) is 1.13. The van der Waals surface area contributed by atoms with Crippen LogP contribution in [0.15, 0.2) is 41.2 Å². The molecule has 0 aromatic heterocycles. The van der Waals surface area contributed by atoms with Gasteiger partial charge in [-0.3, -0.25) is 0 Å². The molecule has 0 amide bonds. The SMILES string of the molecule is CC.CCNC/C1=C/C=C(/C)CC=C=C1. The predicted molar refractivity (Wildman–Crippen MR) is 69.0 cm³/mol. The second-order valence-electron chi connectivity index (χ2n) is 3.25. The van der Waals surface area contributed by atoms with Gasteiger partial charge in [0.1, 0.15) is 0 Å². The average Bonchev–Trinajstić information content (AvgIpc) is 2.26. The maximum atomic E-state index is 3.30. The highest BCUT2D eigenvalue weighted by Gasteiger charge is 1.92. The molecule has 0 aromatic rings. The van der Waals surface area contributed by atoms with Gasteiger partial charge >= 0.3 is 0 Å². The van der Waals surface area contributed by atoms with Crippen molar-refractivity contribution in [1.29, 1.82) is 0 Å². The van der Waals surface area contributed by atoms with Crippen LogP contribution in [0.5, 0.6) is 0 Å². The minimum absolute atomic E-state index is 0.932. The lowest BCUT2D eigenvalue weighted by molar-refractivity contribution is 0.785. The second-order valence-corrected chi connectivity index (χ2v) is 3.25. The lowest BCUT2D eigenvalue weighted by atomic mass is 10.1. The molecule has 1 nitrogen and oxygen atoms in total. The average molecular weight is 205 g/mol. The van der Waals surface area contributed by atoms with Crippen LogP contribution in [0.1, 0.15) is 34.1 Å². The molecule has 0 fully saturated rings. The molecule has 1 aliphatic rings. The molecular weight excluding hydrogens is 182 g/mol. The Kier molecular flexibility index (Phi) is 8.85. The van der Waals surface area contributed by atoms with Crippen molar-refractivity contribution in [2.45, 2.75) is 34.1 Å². The van der Waals surface area contributed by atoms with Gasteiger partial charge in [0, 0.05) is 6.54 Å². The number of nitrogens with one attached hydrogen (secondary N) is 1. The van der Waals surface area contributed by atoms with Crippen molar-refractivity contribution in [2.75, 3.05) is 13.1 Å². The molecular formula is C14H23N. The molecule has 1 heteroatoms. The highest BCUT2D eigenvalue weighted by atomic mass is 14.8. The summed E-state index contributed by atoms with van der Waals surface area (Å²) in [7, 11) is 0. The number of rotatable bonds is 3. The fraction of sp³-hybridized carbons (Fsp3) is 0.500. The van der Waals surface area contributed by atoms with Gasteiger partial charge in [0.25, 0.3) is 0 Å². The Morgan fingerprint density at radius 3 is 2.73 bits per heavy atom. The van der Waals surface area contributed by atoms with Crippen LogP contribution >= 0.6 is 0 Å². The van der Waals surface area contributed by atoms with Crippen LogP contribution in [0, 0.1) is 0 Å². The molecule has 1 aliphatic carbocycles. The van der Waals surface area contributed by atoms with E-state index in [1.165, 1.54) is 11.1 Å². The van der Waals surface area contributed by atoms with E-state index < -0.39 is 0 Å². The molecule has 0 saturated heterocycles. The number of likely N-dealkylation sites (N-methyl/N-ethyl adjacent to an activating group) is 1. The highest BCUT2D eigenvalue weighted by molar-refractivity contribution is 5.29. The summed E-state index contributed by atoms with van der Waals surface area (Å²) >= 11 is 0. The third-order valence-corrected chi connectivity index (χ3v) is 1.97. The Hall–Kier alpha value is -1.04. The first kappa shape index (κ1) is 14.0. The summed E-state index contributed by atoms with van der Waals surface area (Å²) in [6.45, 7) is 10.2. The van der Waals surface area contributed by atoms with E-state index in [4.69, 9.17) is 0 Å². The van der Waals surface area contributed by atoms with Crippen molar-refractivity contribution in [1.82, 2.24) is 5.32 Å².